The van der Waals surface area contributed by atoms with Crippen molar-refractivity contribution in [2.75, 3.05) is 31.1 Å². The fourth-order valence-corrected chi connectivity index (χ4v) is 4.35. The van der Waals surface area contributed by atoms with Gasteiger partial charge in [0.15, 0.2) is 0 Å². The van der Waals surface area contributed by atoms with E-state index in [-0.39, 0.29) is 5.60 Å². The Hall–Kier alpha value is -3.52. The van der Waals surface area contributed by atoms with Crippen LogP contribution >= 0.6 is 0 Å². The highest BCUT2D eigenvalue weighted by atomic mass is 16.5. The summed E-state index contributed by atoms with van der Waals surface area (Å²) in [5.74, 6) is 1.82. The van der Waals surface area contributed by atoms with Crippen LogP contribution in [-0.4, -0.2) is 61.8 Å². The van der Waals surface area contributed by atoms with Crippen LogP contribution in [0.1, 0.15) is 25.3 Å². The molecule has 4 aromatic rings. The zero-order valence-corrected chi connectivity index (χ0v) is 18.7. The lowest BCUT2D eigenvalue weighted by molar-refractivity contribution is 0.200. The van der Waals surface area contributed by atoms with Crippen LogP contribution in [0, 0.1) is 0 Å². The van der Waals surface area contributed by atoms with Gasteiger partial charge >= 0.3 is 0 Å². The molecule has 1 aliphatic carbocycles. The molecule has 1 aliphatic heterocycles. The van der Waals surface area contributed by atoms with Gasteiger partial charge in [0, 0.05) is 56.6 Å². The number of piperazine rings is 1. The molecule has 6 rings (SSSR count). The fourth-order valence-electron chi connectivity index (χ4n) is 4.35. The summed E-state index contributed by atoms with van der Waals surface area (Å²) in [4.78, 5) is 18.0. The van der Waals surface area contributed by atoms with E-state index in [1.807, 2.05) is 30.6 Å². The van der Waals surface area contributed by atoms with Crippen LogP contribution in [0.25, 0.3) is 22.3 Å². The van der Waals surface area contributed by atoms with Gasteiger partial charge in [-0.25, -0.2) is 9.97 Å². The SMILES string of the molecule is CC1(Oc2ccc3[nH]nc(-c4cc(N5CCN(Cc6ccncc6)CC5)ncn4)c3c2)CC1. The molecule has 2 aliphatic rings. The molecule has 0 radical (unpaired) electrons. The molecule has 8 nitrogen and oxygen atoms in total. The van der Waals surface area contributed by atoms with Gasteiger partial charge in [-0.3, -0.25) is 15.0 Å². The number of aromatic nitrogens is 5. The third-order valence-electron chi connectivity index (χ3n) is 6.60. The summed E-state index contributed by atoms with van der Waals surface area (Å²) >= 11 is 0. The maximum atomic E-state index is 6.16. The lowest BCUT2D eigenvalue weighted by atomic mass is 10.1. The molecule has 1 saturated carbocycles. The topological polar surface area (TPSA) is 83.1 Å². The molecule has 33 heavy (non-hydrogen) atoms. The van der Waals surface area contributed by atoms with Crippen molar-refractivity contribution in [2.45, 2.75) is 31.9 Å². The minimum atomic E-state index is -0.0147. The van der Waals surface area contributed by atoms with Crippen molar-refractivity contribution < 1.29 is 4.74 Å². The van der Waals surface area contributed by atoms with Gasteiger partial charge in [0.2, 0.25) is 0 Å². The first-order valence-corrected chi connectivity index (χ1v) is 11.5. The Kier molecular flexibility index (Phi) is 4.95. The Morgan fingerprint density at radius 3 is 2.61 bits per heavy atom. The summed E-state index contributed by atoms with van der Waals surface area (Å²) < 4.78 is 6.16. The zero-order valence-electron chi connectivity index (χ0n) is 18.7. The number of pyridine rings is 1. The van der Waals surface area contributed by atoms with Gasteiger partial charge < -0.3 is 9.64 Å². The standard InChI is InChI=1S/C25H27N7O/c1-25(6-7-25)33-19-2-3-21-20(14-19)24(30-29-21)22-15-23(28-17-27-22)32-12-10-31(11-13-32)16-18-4-8-26-9-5-18/h2-5,8-9,14-15,17H,6-7,10-13,16H2,1H3,(H,29,30). The highest BCUT2D eigenvalue weighted by molar-refractivity contribution is 5.93. The monoisotopic (exact) mass is 441 g/mol. The second kappa shape index (κ2) is 8.12. The Balaban J connectivity index is 1.19. The van der Waals surface area contributed by atoms with E-state index in [2.05, 4.69) is 60.1 Å². The molecule has 4 heterocycles. The number of nitrogens with one attached hydrogen (secondary N) is 1. The van der Waals surface area contributed by atoms with Crippen molar-refractivity contribution in [2.24, 2.45) is 0 Å². The number of nitrogens with zero attached hydrogens (tertiary/aromatic N) is 6. The van der Waals surface area contributed by atoms with Crippen molar-refractivity contribution in [3.05, 3.63) is 60.7 Å². The molecule has 2 fully saturated rings. The summed E-state index contributed by atoms with van der Waals surface area (Å²) in [5.41, 5.74) is 3.91. The van der Waals surface area contributed by atoms with E-state index >= 15 is 0 Å². The van der Waals surface area contributed by atoms with Crippen molar-refractivity contribution in [1.29, 1.82) is 0 Å². The molecular formula is C25H27N7O. The van der Waals surface area contributed by atoms with Crippen LogP contribution in [0.4, 0.5) is 5.82 Å². The first kappa shape index (κ1) is 20.1. The van der Waals surface area contributed by atoms with E-state index in [4.69, 9.17) is 4.74 Å². The molecule has 0 amide bonds. The highest BCUT2D eigenvalue weighted by Crippen LogP contribution is 2.40. The lowest BCUT2D eigenvalue weighted by Crippen LogP contribution is -2.46. The van der Waals surface area contributed by atoms with Gasteiger partial charge in [-0.15, -0.1) is 0 Å². The van der Waals surface area contributed by atoms with E-state index in [1.165, 1.54) is 5.56 Å². The van der Waals surface area contributed by atoms with Crippen molar-refractivity contribution >= 4 is 16.7 Å². The minimum Gasteiger partial charge on any atom is -0.488 e. The molecular weight excluding hydrogens is 414 g/mol. The number of H-pyrrole nitrogens is 1. The predicted molar refractivity (Wildman–Crippen MR) is 127 cm³/mol. The Labute approximate surface area is 192 Å². The molecule has 0 spiro atoms. The normalized spacial score (nSPS) is 17.9. The molecule has 3 aromatic heterocycles. The van der Waals surface area contributed by atoms with Crippen molar-refractivity contribution in [3.63, 3.8) is 0 Å². The number of ether oxygens (including phenoxy) is 1. The van der Waals surface area contributed by atoms with E-state index in [9.17, 15) is 0 Å². The number of anilines is 1. The van der Waals surface area contributed by atoms with Gasteiger partial charge in [0.05, 0.1) is 11.2 Å². The average molecular weight is 442 g/mol. The molecule has 1 aromatic carbocycles. The minimum absolute atomic E-state index is 0.0147. The summed E-state index contributed by atoms with van der Waals surface area (Å²) in [6.07, 6.45) is 7.56. The third-order valence-corrected chi connectivity index (χ3v) is 6.60. The van der Waals surface area contributed by atoms with Crippen LogP contribution in [0.2, 0.25) is 0 Å². The molecule has 1 N–H and O–H groups in total. The lowest BCUT2D eigenvalue weighted by Gasteiger charge is -2.35. The molecule has 0 unspecified atom stereocenters. The van der Waals surface area contributed by atoms with Crippen LogP contribution in [-0.2, 0) is 6.54 Å². The van der Waals surface area contributed by atoms with E-state index in [0.29, 0.717) is 0 Å². The van der Waals surface area contributed by atoms with Gasteiger partial charge in [0.25, 0.3) is 0 Å². The first-order chi connectivity index (χ1) is 16.2. The smallest absolute Gasteiger partial charge is 0.132 e. The van der Waals surface area contributed by atoms with Gasteiger partial charge in [-0.2, -0.15) is 5.10 Å². The van der Waals surface area contributed by atoms with Crippen LogP contribution in [0.3, 0.4) is 0 Å². The number of aromatic amines is 1. The van der Waals surface area contributed by atoms with Gasteiger partial charge in [-0.05, 0) is 55.7 Å². The Morgan fingerprint density at radius 1 is 1.00 bits per heavy atom. The van der Waals surface area contributed by atoms with E-state index < -0.39 is 0 Å². The molecule has 0 atom stereocenters. The molecule has 8 heteroatoms. The van der Waals surface area contributed by atoms with E-state index in [0.717, 1.165) is 79.4 Å². The molecule has 1 saturated heterocycles. The number of hydrogen-bond acceptors (Lipinski definition) is 7. The fraction of sp³-hybridized carbons (Fsp3) is 0.360. The van der Waals surface area contributed by atoms with Gasteiger partial charge in [0.1, 0.15) is 29.2 Å². The molecule has 0 bridgehead atoms. The maximum absolute atomic E-state index is 6.16. The summed E-state index contributed by atoms with van der Waals surface area (Å²) in [5, 5.41) is 8.71. The van der Waals surface area contributed by atoms with Gasteiger partial charge in [-0.1, -0.05) is 0 Å². The predicted octanol–water partition coefficient (Wildman–Crippen LogP) is 3.67. The van der Waals surface area contributed by atoms with Crippen molar-refractivity contribution in [3.8, 4) is 17.1 Å². The largest absolute Gasteiger partial charge is 0.488 e. The second-order valence-corrected chi connectivity index (χ2v) is 9.21. The zero-order chi connectivity index (χ0) is 22.3. The number of benzene rings is 1. The number of hydrogen-bond donors (Lipinski definition) is 1. The maximum Gasteiger partial charge on any atom is 0.132 e. The average Bonchev–Trinajstić information content (AvgIpc) is 3.42. The van der Waals surface area contributed by atoms with Crippen LogP contribution in [0.15, 0.2) is 55.1 Å². The summed E-state index contributed by atoms with van der Waals surface area (Å²) in [7, 11) is 0. The number of fused-ring (bicyclic) bond motifs is 1. The first-order valence-electron chi connectivity index (χ1n) is 11.5. The van der Waals surface area contributed by atoms with Crippen LogP contribution < -0.4 is 9.64 Å². The third kappa shape index (κ3) is 4.26. The number of rotatable bonds is 6. The quantitative estimate of drug-likeness (QED) is 0.489. The Bertz CT molecular complexity index is 1260. The summed E-state index contributed by atoms with van der Waals surface area (Å²) in [6.45, 7) is 6.95. The van der Waals surface area contributed by atoms with Crippen molar-refractivity contribution in [1.82, 2.24) is 30.0 Å². The highest BCUT2D eigenvalue weighted by Gasteiger charge is 2.40. The molecule has 168 valence electrons. The van der Waals surface area contributed by atoms with E-state index in [1.54, 1.807) is 6.33 Å². The Morgan fingerprint density at radius 2 is 1.82 bits per heavy atom. The second-order valence-electron chi connectivity index (χ2n) is 9.21. The van der Waals surface area contributed by atoms with Crippen LogP contribution in [0.5, 0.6) is 5.75 Å². The summed E-state index contributed by atoms with van der Waals surface area (Å²) in [6, 6.07) is 12.3.